The molecule has 1 saturated heterocycles. The summed E-state index contributed by atoms with van der Waals surface area (Å²) in [5.41, 5.74) is 1.28. The van der Waals surface area contributed by atoms with Crippen molar-refractivity contribution in [2.24, 2.45) is 5.92 Å². The highest BCUT2D eigenvalue weighted by molar-refractivity contribution is 7.89. The van der Waals surface area contributed by atoms with Crippen molar-refractivity contribution in [3.63, 3.8) is 0 Å². The zero-order valence-electron chi connectivity index (χ0n) is 16.2. The van der Waals surface area contributed by atoms with Crippen LogP contribution in [-0.4, -0.2) is 50.7 Å². The lowest BCUT2D eigenvalue weighted by molar-refractivity contribution is -0.149. The van der Waals surface area contributed by atoms with Gasteiger partial charge < -0.3 is 14.0 Å². The third-order valence-corrected chi connectivity index (χ3v) is 6.58. The summed E-state index contributed by atoms with van der Waals surface area (Å²) in [7, 11) is -2.45. The molecule has 0 saturated carbocycles. The molecule has 1 fully saturated rings. The molecule has 1 atom stereocenters. The van der Waals surface area contributed by atoms with Crippen molar-refractivity contribution >= 4 is 16.0 Å². The largest absolute Gasteiger partial charge is 0.495 e. The molecule has 0 radical (unpaired) electrons. The van der Waals surface area contributed by atoms with Crippen molar-refractivity contribution in [3.8, 4) is 17.1 Å². The van der Waals surface area contributed by atoms with Crippen LogP contribution in [0.15, 0.2) is 33.7 Å². The molecule has 1 aliphatic heterocycles. The van der Waals surface area contributed by atoms with Crippen molar-refractivity contribution < 1.29 is 27.2 Å². The highest BCUT2D eigenvalue weighted by atomic mass is 32.2. The summed E-state index contributed by atoms with van der Waals surface area (Å²) < 4.78 is 43.6. The van der Waals surface area contributed by atoms with Gasteiger partial charge in [-0.2, -0.15) is 4.31 Å². The van der Waals surface area contributed by atoms with Crippen molar-refractivity contribution in [1.82, 2.24) is 9.46 Å². The molecule has 28 heavy (non-hydrogen) atoms. The first-order chi connectivity index (χ1) is 13.4. The third-order valence-electron chi connectivity index (χ3n) is 4.70. The Morgan fingerprint density at radius 1 is 1.36 bits per heavy atom. The summed E-state index contributed by atoms with van der Waals surface area (Å²) >= 11 is 0. The molecule has 0 spiro atoms. The number of carbonyl (C=O) groups excluding carboxylic acids is 1. The second kappa shape index (κ2) is 8.32. The van der Waals surface area contributed by atoms with Gasteiger partial charge in [-0.25, -0.2) is 8.42 Å². The SMILES string of the molecule is CCOC(=O)[C@@H]1CCCN(S(=O)(=O)c2cc(-c3cc(C)no3)ccc2OC)C1. The van der Waals surface area contributed by atoms with Crippen LogP contribution >= 0.6 is 0 Å². The van der Waals surface area contributed by atoms with Gasteiger partial charge in [0.05, 0.1) is 25.3 Å². The van der Waals surface area contributed by atoms with Crippen molar-refractivity contribution in [3.05, 3.63) is 30.0 Å². The number of sulfonamides is 1. The first kappa shape index (κ1) is 20.3. The average molecular weight is 408 g/mol. The van der Waals surface area contributed by atoms with Gasteiger partial charge in [-0.1, -0.05) is 5.16 Å². The van der Waals surface area contributed by atoms with Crippen LogP contribution in [0.25, 0.3) is 11.3 Å². The van der Waals surface area contributed by atoms with Gasteiger partial charge in [-0.15, -0.1) is 0 Å². The number of hydrogen-bond donors (Lipinski definition) is 0. The fourth-order valence-corrected chi connectivity index (χ4v) is 4.99. The number of nitrogens with zero attached hydrogens (tertiary/aromatic N) is 2. The maximum atomic E-state index is 13.3. The number of aryl methyl sites for hydroxylation is 1. The number of aromatic nitrogens is 1. The van der Waals surface area contributed by atoms with E-state index < -0.39 is 15.9 Å². The Balaban J connectivity index is 1.95. The fourth-order valence-electron chi connectivity index (χ4n) is 3.28. The minimum atomic E-state index is -3.87. The van der Waals surface area contributed by atoms with Gasteiger partial charge in [-0.05, 0) is 44.9 Å². The maximum absolute atomic E-state index is 13.3. The number of esters is 1. The highest BCUT2D eigenvalue weighted by Crippen LogP contribution is 2.34. The smallest absolute Gasteiger partial charge is 0.310 e. The van der Waals surface area contributed by atoms with E-state index in [1.807, 2.05) is 0 Å². The summed E-state index contributed by atoms with van der Waals surface area (Å²) in [6.07, 6.45) is 1.20. The third kappa shape index (κ3) is 4.05. The maximum Gasteiger partial charge on any atom is 0.310 e. The molecule has 0 unspecified atom stereocenters. The molecule has 8 nitrogen and oxygen atoms in total. The van der Waals surface area contributed by atoms with Crippen LogP contribution in [0.3, 0.4) is 0 Å². The van der Waals surface area contributed by atoms with Crippen LogP contribution in [-0.2, 0) is 19.6 Å². The highest BCUT2D eigenvalue weighted by Gasteiger charge is 2.35. The molecule has 2 heterocycles. The first-order valence-corrected chi connectivity index (χ1v) is 10.6. The lowest BCUT2D eigenvalue weighted by atomic mass is 10.0. The Bertz CT molecular complexity index is 953. The Morgan fingerprint density at radius 2 is 2.14 bits per heavy atom. The number of methoxy groups -OCH3 is 1. The van der Waals surface area contributed by atoms with Crippen LogP contribution in [0, 0.1) is 12.8 Å². The molecule has 0 N–H and O–H groups in total. The molecule has 0 amide bonds. The predicted octanol–water partition coefficient (Wildman–Crippen LogP) is 2.62. The summed E-state index contributed by atoms with van der Waals surface area (Å²) in [5.74, 6) is -0.118. The minimum Gasteiger partial charge on any atom is -0.495 e. The number of benzene rings is 1. The second-order valence-corrected chi connectivity index (χ2v) is 8.56. The zero-order chi connectivity index (χ0) is 20.3. The van der Waals surface area contributed by atoms with Crippen molar-refractivity contribution in [2.45, 2.75) is 31.6 Å². The van der Waals surface area contributed by atoms with E-state index >= 15 is 0 Å². The Labute approximate surface area is 164 Å². The Hall–Kier alpha value is -2.39. The zero-order valence-corrected chi connectivity index (χ0v) is 17.0. The average Bonchev–Trinajstić information content (AvgIpc) is 3.14. The molecule has 152 valence electrons. The van der Waals surface area contributed by atoms with E-state index in [1.165, 1.54) is 17.5 Å². The molecule has 9 heteroatoms. The number of hydrogen-bond acceptors (Lipinski definition) is 7. The van der Waals surface area contributed by atoms with Gasteiger partial charge in [0.2, 0.25) is 10.0 Å². The van der Waals surface area contributed by atoms with E-state index in [0.717, 1.165) is 0 Å². The Morgan fingerprint density at radius 3 is 2.79 bits per heavy atom. The van der Waals surface area contributed by atoms with Crippen molar-refractivity contribution in [2.75, 3.05) is 26.8 Å². The summed E-state index contributed by atoms with van der Waals surface area (Å²) in [5, 5.41) is 3.85. The predicted molar refractivity (Wildman–Crippen MR) is 101 cm³/mol. The molecule has 1 aromatic heterocycles. The number of carbonyl (C=O) groups is 1. The van der Waals surface area contributed by atoms with Gasteiger partial charge in [-0.3, -0.25) is 4.79 Å². The number of rotatable bonds is 6. The molecule has 2 aromatic rings. The van der Waals surface area contributed by atoms with Crippen LogP contribution in [0.5, 0.6) is 5.75 Å². The van der Waals surface area contributed by atoms with Gasteiger partial charge in [0.1, 0.15) is 10.6 Å². The standard InChI is InChI=1S/C19H24N2O6S/c1-4-26-19(22)15-6-5-9-21(12-15)28(23,24)18-11-14(7-8-16(18)25-3)17-10-13(2)20-27-17/h7-8,10-11,15H,4-6,9,12H2,1-3H3/t15-/m1/s1. The van der Waals surface area contributed by atoms with E-state index in [-0.39, 0.29) is 29.8 Å². The Kier molecular flexibility index (Phi) is 6.04. The van der Waals surface area contributed by atoms with E-state index in [9.17, 15) is 13.2 Å². The molecule has 1 aliphatic rings. The lowest BCUT2D eigenvalue weighted by Gasteiger charge is -2.31. The summed E-state index contributed by atoms with van der Waals surface area (Å²) in [6, 6.07) is 6.56. The molecule has 0 bridgehead atoms. The molecular weight excluding hydrogens is 384 g/mol. The minimum absolute atomic E-state index is 0.0334. The van der Waals surface area contributed by atoms with E-state index in [4.69, 9.17) is 14.0 Å². The molecule has 3 rings (SSSR count). The normalized spacial score (nSPS) is 18.0. The monoisotopic (exact) mass is 408 g/mol. The van der Waals surface area contributed by atoms with Crippen LogP contribution in [0.4, 0.5) is 0 Å². The molecular formula is C19H24N2O6S. The molecule has 1 aromatic carbocycles. The van der Waals surface area contributed by atoms with Gasteiger partial charge in [0, 0.05) is 24.7 Å². The molecule has 0 aliphatic carbocycles. The van der Waals surface area contributed by atoms with E-state index in [1.54, 1.807) is 32.0 Å². The first-order valence-electron chi connectivity index (χ1n) is 9.15. The van der Waals surface area contributed by atoms with Gasteiger partial charge in [0.15, 0.2) is 5.76 Å². The second-order valence-electron chi connectivity index (χ2n) is 6.65. The van der Waals surface area contributed by atoms with Crippen LogP contribution < -0.4 is 4.74 Å². The van der Waals surface area contributed by atoms with Crippen LogP contribution in [0.1, 0.15) is 25.5 Å². The van der Waals surface area contributed by atoms with Gasteiger partial charge >= 0.3 is 5.97 Å². The number of ether oxygens (including phenoxy) is 2. The van der Waals surface area contributed by atoms with E-state index in [0.29, 0.717) is 36.4 Å². The topological polar surface area (TPSA) is 98.9 Å². The quantitative estimate of drug-likeness (QED) is 0.678. The summed E-state index contributed by atoms with van der Waals surface area (Å²) in [6.45, 7) is 4.23. The van der Waals surface area contributed by atoms with Gasteiger partial charge in [0.25, 0.3) is 0 Å². The summed E-state index contributed by atoms with van der Waals surface area (Å²) in [4.78, 5) is 12.1. The van der Waals surface area contributed by atoms with Crippen molar-refractivity contribution in [1.29, 1.82) is 0 Å². The fraction of sp³-hybridized carbons (Fsp3) is 0.474. The van der Waals surface area contributed by atoms with Crippen LogP contribution in [0.2, 0.25) is 0 Å². The van der Waals surface area contributed by atoms with E-state index in [2.05, 4.69) is 5.16 Å². The number of piperidine rings is 1. The lowest BCUT2D eigenvalue weighted by Crippen LogP contribution is -2.42.